The van der Waals surface area contributed by atoms with Gasteiger partial charge in [-0.3, -0.25) is 4.79 Å². The molecular formula is C17H14N2O2S. The van der Waals surface area contributed by atoms with Crippen molar-refractivity contribution < 1.29 is 9.53 Å². The normalized spacial score (nSPS) is 15.5. The number of rotatable bonds is 3. The molecule has 110 valence electrons. The third kappa shape index (κ3) is 2.66. The summed E-state index contributed by atoms with van der Waals surface area (Å²) in [6.07, 6.45) is 1.94. The van der Waals surface area contributed by atoms with Crippen molar-refractivity contribution in [2.45, 2.75) is 10.8 Å². The van der Waals surface area contributed by atoms with Crippen LogP contribution in [0.3, 0.4) is 0 Å². The van der Waals surface area contributed by atoms with Crippen molar-refractivity contribution in [1.82, 2.24) is 0 Å². The zero-order valence-electron chi connectivity index (χ0n) is 12.0. The first-order chi connectivity index (χ1) is 10.7. The standard InChI is InChI=1S/C17H14N2O2S/c1-22-16-7-6-11(9-18)8-14(16)19-17(20)13-10-21-15-5-3-2-4-12(13)15/h2-8,13H,10H2,1H3,(H,19,20)/t13-/m0/s1. The lowest BCUT2D eigenvalue weighted by molar-refractivity contribution is -0.117. The maximum absolute atomic E-state index is 12.6. The molecule has 1 aliphatic rings. The van der Waals surface area contributed by atoms with E-state index in [1.165, 1.54) is 11.8 Å². The monoisotopic (exact) mass is 310 g/mol. The van der Waals surface area contributed by atoms with Crippen molar-refractivity contribution in [2.24, 2.45) is 0 Å². The van der Waals surface area contributed by atoms with E-state index in [2.05, 4.69) is 11.4 Å². The average molecular weight is 310 g/mol. The van der Waals surface area contributed by atoms with Crippen LogP contribution in [0.25, 0.3) is 0 Å². The molecule has 0 spiro atoms. The fraction of sp³-hybridized carbons (Fsp3) is 0.176. The van der Waals surface area contributed by atoms with Crippen molar-refractivity contribution in [3.05, 3.63) is 53.6 Å². The summed E-state index contributed by atoms with van der Waals surface area (Å²) in [6.45, 7) is 0.345. The Labute approximate surface area is 133 Å². The van der Waals surface area contributed by atoms with E-state index in [9.17, 15) is 4.79 Å². The summed E-state index contributed by atoms with van der Waals surface area (Å²) in [6, 6.07) is 15.0. The molecule has 0 fully saturated rings. The molecule has 22 heavy (non-hydrogen) atoms. The van der Waals surface area contributed by atoms with Crippen LogP contribution < -0.4 is 10.1 Å². The Morgan fingerprint density at radius 1 is 1.36 bits per heavy atom. The number of fused-ring (bicyclic) bond motifs is 1. The van der Waals surface area contributed by atoms with Crippen LogP contribution in [0.5, 0.6) is 5.75 Å². The minimum atomic E-state index is -0.323. The third-order valence-corrected chi connectivity index (χ3v) is 4.40. The maximum Gasteiger partial charge on any atom is 0.235 e. The molecule has 0 radical (unpaired) electrons. The Hall–Kier alpha value is -2.45. The number of nitrogens with one attached hydrogen (secondary N) is 1. The molecule has 2 aromatic rings. The summed E-state index contributed by atoms with van der Waals surface area (Å²) in [5.41, 5.74) is 2.10. The van der Waals surface area contributed by atoms with Crippen molar-refractivity contribution >= 4 is 23.4 Å². The largest absolute Gasteiger partial charge is 0.492 e. The van der Waals surface area contributed by atoms with Crippen LogP contribution in [-0.2, 0) is 4.79 Å². The Morgan fingerprint density at radius 3 is 2.95 bits per heavy atom. The molecule has 0 saturated carbocycles. The van der Waals surface area contributed by atoms with E-state index in [-0.39, 0.29) is 11.8 Å². The SMILES string of the molecule is CSc1ccc(C#N)cc1NC(=O)[C@H]1COc2ccccc21. The number of anilines is 1. The molecular weight excluding hydrogens is 296 g/mol. The van der Waals surface area contributed by atoms with Gasteiger partial charge in [-0.1, -0.05) is 18.2 Å². The maximum atomic E-state index is 12.6. The Balaban J connectivity index is 1.85. The van der Waals surface area contributed by atoms with Crippen LogP contribution in [0.2, 0.25) is 0 Å². The molecule has 0 unspecified atom stereocenters. The Kier molecular flexibility index (Phi) is 4.03. The third-order valence-electron chi connectivity index (χ3n) is 3.60. The van der Waals surface area contributed by atoms with E-state index in [0.717, 1.165) is 16.2 Å². The van der Waals surface area contributed by atoms with Gasteiger partial charge in [-0.15, -0.1) is 11.8 Å². The Bertz CT molecular complexity index is 767. The van der Waals surface area contributed by atoms with Crippen LogP contribution in [-0.4, -0.2) is 18.8 Å². The van der Waals surface area contributed by atoms with E-state index in [4.69, 9.17) is 10.00 Å². The van der Waals surface area contributed by atoms with Crippen LogP contribution >= 0.6 is 11.8 Å². The van der Waals surface area contributed by atoms with Crippen LogP contribution in [0.4, 0.5) is 5.69 Å². The highest BCUT2D eigenvalue weighted by Crippen LogP contribution is 2.35. The molecule has 0 bridgehead atoms. The molecule has 1 heterocycles. The number of nitrogens with zero attached hydrogens (tertiary/aromatic N) is 1. The van der Waals surface area contributed by atoms with Gasteiger partial charge >= 0.3 is 0 Å². The number of nitriles is 1. The second kappa shape index (κ2) is 6.12. The lowest BCUT2D eigenvalue weighted by atomic mass is 10.0. The highest BCUT2D eigenvalue weighted by atomic mass is 32.2. The molecule has 0 saturated heterocycles. The van der Waals surface area contributed by atoms with Crippen LogP contribution in [0.15, 0.2) is 47.4 Å². The first-order valence-corrected chi connectivity index (χ1v) is 8.06. The number of thioether (sulfide) groups is 1. The van der Waals surface area contributed by atoms with Crippen molar-refractivity contribution in [1.29, 1.82) is 5.26 Å². The minimum absolute atomic E-state index is 0.115. The highest BCUT2D eigenvalue weighted by molar-refractivity contribution is 7.98. The molecule has 3 rings (SSSR count). The van der Waals surface area contributed by atoms with Crippen molar-refractivity contribution in [2.75, 3.05) is 18.2 Å². The summed E-state index contributed by atoms with van der Waals surface area (Å²) in [7, 11) is 0. The van der Waals surface area contributed by atoms with Gasteiger partial charge in [0.05, 0.1) is 17.3 Å². The molecule has 1 amide bonds. The second-order valence-corrected chi connectivity index (χ2v) is 5.77. The van der Waals surface area contributed by atoms with Gasteiger partial charge in [-0.25, -0.2) is 0 Å². The summed E-state index contributed by atoms with van der Waals surface area (Å²) >= 11 is 1.53. The molecule has 1 aliphatic heterocycles. The van der Waals surface area contributed by atoms with E-state index in [0.29, 0.717) is 17.9 Å². The quantitative estimate of drug-likeness (QED) is 0.883. The van der Waals surface area contributed by atoms with Gasteiger partial charge in [0, 0.05) is 10.5 Å². The molecule has 0 aliphatic carbocycles. The fourth-order valence-electron chi connectivity index (χ4n) is 2.47. The first kappa shape index (κ1) is 14.5. The molecule has 4 nitrogen and oxygen atoms in total. The van der Waals surface area contributed by atoms with Gasteiger partial charge in [0.1, 0.15) is 18.3 Å². The number of hydrogen-bond acceptors (Lipinski definition) is 4. The van der Waals surface area contributed by atoms with Crippen molar-refractivity contribution in [3.63, 3.8) is 0 Å². The predicted molar refractivity (Wildman–Crippen MR) is 86.2 cm³/mol. The molecule has 1 N–H and O–H groups in total. The summed E-state index contributed by atoms with van der Waals surface area (Å²) in [5.74, 6) is 0.325. The minimum Gasteiger partial charge on any atom is -0.492 e. The molecule has 1 atom stereocenters. The number of amides is 1. The van der Waals surface area contributed by atoms with Crippen LogP contribution in [0.1, 0.15) is 17.0 Å². The van der Waals surface area contributed by atoms with Crippen molar-refractivity contribution in [3.8, 4) is 11.8 Å². The number of ether oxygens (including phenoxy) is 1. The first-order valence-electron chi connectivity index (χ1n) is 6.83. The van der Waals surface area contributed by atoms with E-state index < -0.39 is 0 Å². The average Bonchev–Trinajstić information content (AvgIpc) is 2.99. The fourth-order valence-corrected chi connectivity index (χ4v) is 3.01. The molecule has 5 heteroatoms. The van der Waals surface area contributed by atoms with Gasteiger partial charge in [0.2, 0.25) is 5.91 Å². The van der Waals surface area contributed by atoms with E-state index >= 15 is 0 Å². The lowest BCUT2D eigenvalue weighted by Gasteiger charge is -2.13. The van der Waals surface area contributed by atoms with E-state index in [1.807, 2.05) is 36.6 Å². The number of para-hydroxylation sites is 1. The number of hydrogen-bond donors (Lipinski definition) is 1. The van der Waals surface area contributed by atoms with Gasteiger partial charge in [-0.2, -0.15) is 5.26 Å². The number of carbonyl (C=O) groups is 1. The van der Waals surface area contributed by atoms with E-state index in [1.54, 1.807) is 12.1 Å². The van der Waals surface area contributed by atoms with Crippen LogP contribution in [0, 0.1) is 11.3 Å². The summed E-state index contributed by atoms with van der Waals surface area (Å²) < 4.78 is 5.55. The zero-order chi connectivity index (χ0) is 15.5. The lowest BCUT2D eigenvalue weighted by Crippen LogP contribution is -2.22. The van der Waals surface area contributed by atoms with Gasteiger partial charge in [0.25, 0.3) is 0 Å². The number of benzene rings is 2. The molecule has 2 aromatic carbocycles. The van der Waals surface area contributed by atoms with Gasteiger partial charge < -0.3 is 10.1 Å². The highest BCUT2D eigenvalue weighted by Gasteiger charge is 2.30. The second-order valence-electron chi connectivity index (χ2n) is 4.92. The zero-order valence-corrected chi connectivity index (χ0v) is 12.8. The molecule has 0 aromatic heterocycles. The number of carbonyl (C=O) groups excluding carboxylic acids is 1. The smallest absolute Gasteiger partial charge is 0.235 e. The summed E-state index contributed by atoms with van der Waals surface area (Å²) in [4.78, 5) is 13.5. The predicted octanol–water partition coefficient (Wildman–Crippen LogP) is 3.39. The Morgan fingerprint density at radius 2 is 2.18 bits per heavy atom. The van der Waals surface area contributed by atoms with Gasteiger partial charge in [0.15, 0.2) is 0 Å². The topological polar surface area (TPSA) is 62.1 Å². The summed E-state index contributed by atoms with van der Waals surface area (Å²) in [5, 5.41) is 11.9. The van der Waals surface area contributed by atoms with Gasteiger partial charge in [-0.05, 0) is 30.5 Å².